The Morgan fingerprint density at radius 2 is 2.29 bits per heavy atom. The molecule has 6 heteroatoms. The van der Waals surface area contributed by atoms with Crippen molar-refractivity contribution in [1.29, 1.82) is 0 Å². The quantitative estimate of drug-likeness (QED) is 0.794. The first-order chi connectivity index (χ1) is 9.97. The maximum Gasteiger partial charge on any atom is 0.271 e. The van der Waals surface area contributed by atoms with E-state index in [2.05, 4.69) is 15.3 Å². The summed E-state index contributed by atoms with van der Waals surface area (Å²) in [5.41, 5.74) is 1.88. The van der Waals surface area contributed by atoms with E-state index in [1.807, 2.05) is 12.1 Å². The molecule has 0 aliphatic carbocycles. The second kappa shape index (κ2) is 6.74. The molecule has 0 saturated carbocycles. The largest absolute Gasteiger partial charge is 0.393 e. The standard InChI is InChI=1S/C15H18ClN3O2/c1-9(20)6-7-17-15(21)13-10(2)18-14(19-13)11-4-3-5-12(16)8-11/h3-5,8-9,20H,6-7H2,1-2H3,(H,17,21)(H,18,19). The van der Waals surface area contributed by atoms with Crippen molar-refractivity contribution in [3.8, 4) is 11.4 Å². The van der Waals surface area contributed by atoms with Crippen LogP contribution in [-0.4, -0.2) is 33.6 Å². The average molecular weight is 308 g/mol. The third kappa shape index (κ3) is 4.06. The Hall–Kier alpha value is -1.85. The van der Waals surface area contributed by atoms with Gasteiger partial charge >= 0.3 is 0 Å². The minimum Gasteiger partial charge on any atom is -0.393 e. The molecular weight excluding hydrogens is 290 g/mol. The summed E-state index contributed by atoms with van der Waals surface area (Å²) in [4.78, 5) is 19.5. The molecule has 1 heterocycles. The van der Waals surface area contributed by atoms with E-state index in [0.29, 0.717) is 35.2 Å². The number of nitrogens with zero attached hydrogens (tertiary/aromatic N) is 1. The van der Waals surface area contributed by atoms with E-state index in [1.54, 1.807) is 26.0 Å². The van der Waals surface area contributed by atoms with Crippen LogP contribution in [0.3, 0.4) is 0 Å². The molecule has 5 nitrogen and oxygen atoms in total. The lowest BCUT2D eigenvalue weighted by atomic mass is 10.2. The first-order valence-corrected chi connectivity index (χ1v) is 7.14. The van der Waals surface area contributed by atoms with E-state index in [9.17, 15) is 9.90 Å². The van der Waals surface area contributed by atoms with Gasteiger partial charge in [0.25, 0.3) is 5.91 Å². The number of halogens is 1. The van der Waals surface area contributed by atoms with Gasteiger partial charge in [-0.15, -0.1) is 0 Å². The molecule has 0 radical (unpaired) electrons. The summed E-state index contributed by atoms with van der Waals surface area (Å²) in [6, 6.07) is 7.27. The summed E-state index contributed by atoms with van der Waals surface area (Å²) < 4.78 is 0. The van der Waals surface area contributed by atoms with Gasteiger partial charge in [0.2, 0.25) is 0 Å². The van der Waals surface area contributed by atoms with E-state index < -0.39 is 6.10 Å². The molecule has 3 N–H and O–H groups in total. The molecule has 2 aromatic rings. The smallest absolute Gasteiger partial charge is 0.271 e. The number of rotatable bonds is 5. The van der Waals surface area contributed by atoms with Crippen LogP contribution in [0.25, 0.3) is 11.4 Å². The van der Waals surface area contributed by atoms with Gasteiger partial charge < -0.3 is 15.4 Å². The highest BCUT2D eigenvalue weighted by Crippen LogP contribution is 2.21. The fourth-order valence-corrected chi connectivity index (χ4v) is 2.12. The maximum atomic E-state index is 12.1. The Balaban J connectivity index is 2.14. The summed E-state index contributed by atoms with van der Waals surface area (Å²) >= 11 is 5.96. The van der Waals surface area contributed by atoms with Crippen molar-refractivity contribution < 1.29 is 9.90 Å². The summed E-state index contributed by atoms with van der Waals surface area (Å²) in [6.45, 7) is 3.89. The number of imidazole rings is 1. The molecule has 1 aromatic carbocycles. The summed E-state index contributed by atoms with van der Waals surface area (Å²) in [5.74, 6) is 0.355. The minimum absolute atomic E-state index is 0.252. The zero-order valence-corrected chi connectivity index (χ0v) is 12.7. The van der Waals surface area contributed by atoms with Crippen molar-refractivity contribution in [2.24, 2.45) is 0 Å². The Kier molecular flexibility index (Phi) is 4.98. The molecule has 0 bridgehead atoms. The topological polar surface area (TPSA) is 78.0 Å². The van der Waals surface area contributed by atoms with Crippen molar-refractivity contribution >= 4 is 17.5 Å². The minimum atomic E-state index is -0.437. The molecule has 2 rings (SSSR count). The SMILES string of the molecule is Cc1[nH]c(-c2cccc(Cl)c2)nc1C(=O)NCCC(C)O. The number of aromatic nitrogens is 2. The molecule has 0 fully saturated rings. The molecule has 1 amide bonds. The summed E-state index contributed by atoms with van der Waals surface area (Å²) in [7, 11) is 0. The van der Waals surface area contributed by atoms with Crippen molar-refractivity contribution in [2.45, 2.75) is 26.4 Å². The van der Waals surface area contributed by atoms with Gasteiger partial charge in [-0.3, -0.25) is 4.79 Å². The number of hydrogen-bond acceptors (Lipinski definition) is 3. The number of H-pyrrole nitrogens is 1. The Morgan fingerprint density at radius 1 is 1.52 bits per heavy atom. The lowest BCUT2D eigenvalue weighted by Gasteiger charge is -2.05. The van der Waals surface area contributed by atoms with Gasteiger partial charge in [0.05, 0.1) is 6.10 Å². The van der Waals surface area contributed by atoms with E-state index in [0.717, 1.165) is 5.56 Å². The molecule has 112 valence electrons. The van der Waals surface area contributed by atoms with Gasteiger partial charge in [0.15, 0.2) is 0 Å². The van der Waals surface area contributed by atoms with Crippen LogP contribution >= 0.6 is 11.6 Å². The van der Waals surface area contributed by atoms with Gasteiger partial charge in [0.1, 0.15) is 11.5 Å². The molecule has 1 aromatic heterocycles. The molecule has 1 unspecified atom stereocenters. The fraction of sp³-hybridized carbons (Fsp3) is 0.333. The van der Waals surface area contributed by atoms with Crippen LogP contribution in [0.15, 0.2) is 24.3 Å². The van der Waals surface area contributed by atoms with Crippen molar-refractivity contribution in [1.82, 2.24) is 15.3 Å². The predicted octanol–water partition coefficient (Wildman–Crippen LogP) is 2.54. The maximum absolute atomic E-state index is 12.1. The molecule has 0 aliphatic heterocycles. The van der Waals surface area contributed by atoms with Crippen LogP contribution in [0.2, 0.25) is 5.02 Å². The van der Waals surface area contributed by atoms with Gasteiger partial charge in [-0.25, -0.2) is 4.98 Å². The highest BCUT2D eigenvalue weighted by Gasteiger charge is 2.15. The van der Waals surface area contributed by atoms with Crippen LogP contribution in [0.4, 0.5) is 0 Å². The molecule has 1 atom stereocenters. The third-order valence-corrected chi connectivity index (χ3v) is 3.28. The number of aromatic amines is 1. The monoisotopic (exact) mass is 307 g/mol. The Bertz CT molecular complexity index is 638. The highest BCUT2D eigenvalue weighted by molar-refractivity contribution is 6.30. The van der Waals surface area contributed by atoms with Crippen molar-refractivity contribution in [3.05, 3.63) is 40.7 Å². The number of hydrogen-bond donors (Lipinski definition) is 3. The van der Waals surface area contributed by atoms with Crippen LogP contribution in [0.5, 0.6) is 0 Å². The first-order valence-electron chi connectivity index (χ1n) is 6.76. The predicted molar refractivity (Wildman–Crippen MR) is 82.4 cm³/mol. The zero-order chi connectivity index (χ0) is 15.4. The molecule has 21 heavy (non-hydrogen) atoms. The van der Waals surface area contributed by atoms with Gasteiger partial charge in [-0.2, -0.15) is 0 Å². The van der Waals surface area contributed by atoms with Crippen molar-refractivity contribution in [2.75, 3.05) is 6.54 Å². The summed E-state index contributed by atoms with van der Waals surface area (Å²) in [6.07, 6.45) is 0.0729. The second-order valence-electron chi connectivity index (χ2n) is 4.96. The lowest BCUT2D eigenvalue weighted by Crippen LogP contribution is -2.27. The zero-order valence-electron chi connectivity index (χ0n) is 12.0. The number of aryl methyl sites for hydroxylation is 1. The van der Waals surface area contributed by atoms with Gasteiger partial charge in [-0.05, 0) is 32.4 Å². The molecule has 0 aliphatic rings. The van der Waals surface area contributed by atoms with Crippen LogP contribution in [-0.2, 0) is 0 Å². The molecular formula is C15H18ClN3O2. The number of carbonyl (C=O) groups is 1. The lowest BCUT2D eigenvalue weighted by molar-refractivity contribution is 0.0940. The molecule has 0 spiro atoms. The normalized spacial score (nSPS) is 12.2. The Morgan fingerprint density at radius 3 is 2.95 bits per heavy atom. The number of nitrogens with one attached hydrogen (secondary N) is 2. The number of amides is 1. The molecule has 0 saturated heterocycles. The fourth-order valence-electron chi connectivity index (χ4n) is 1.93. The second-order valence-corrected chi connectivity index (χ2v) is 5.40. The van der Waals surface area contributed by atoms with E-state index in [-0.39, 0.29) is 5.91 Å². The average Bonchev–Trinajstić information content (AvgIpc) is 2.80. The van der Waals surface area contributed by atoms with E-state index in [4.69, 9.17) is 11.6 Å². The number of benzene rings is 1. The highest BCUT2D eigenvalue weighted by atomic mass is 35.5. The Labute approximate surface area is 128 Å². The van der Waals surface area contributed by atoms with Crippen LogP contribution in [0.1, 0.15) is 29.5 Å². The third-order valence-electron chi connectivity index (χ3n) is 3.05. The van der Waals surface area contributed by atoms with Crippen LogP contribution < -0.4 is 5.32 Å². The first kappa shape index (κ1) is 15.5. The van der Waals surface area contributed by atoms with E-state index in [1.165, 1.54) is 0 Å². The number of carbonyl (C=O) groups excluding carboxylic acids is 1. The van der Waals surface area contributed by atoms with Crippen LogP contribution in [0, 0.1) is 6.92 Å². The van der Waals surface area contributed by atoms with E-state index >= 15 is 0 Å². The van der Waals surface area contributed by atoms with Crippen molar-refractivity contribution in [3.63, 3.8) is 0 Å². The number of aliphatic hydroxyl groups is 1. The number of aliphatic hydroxyl groups excluding tert-OH is 1. The summed E-state index contributed by atoms with van der Waals surface area (Å²) in [5, 5.41) is 12.5. The van der Waals surface area contributed by atoms with Gasteiger partial charge in [-0.1, -0.05) is 23.7 Å². The van der Waals surface area contributed by atoms with Gasteiger partial charge in [0, 0.05) is 22.8 Å².